The van der Waals surface area contributed by atoms with Gasteiger partial charge in [0.15, 0.2) is 0 Å². The van der Waals surface area contributed by atoms with Crippen LogP contribution in [0.2, 0.25) is 0 Å². The highest BCUT2D eigenvalue weighted by Gasteiger charge is 2.46. The largest absolute Gasteiger partial charge is 0.399 e. The average molecular weight is 281 g/mol. The van der Waals surface area contributed by atoms with Crippen molar-refractivity contribution in [1.82, 2.24) is 14.8 Å². The zero-order valence-corrected chi connectivity index (χ0v) is 12.2. The van der Waals surface area contributed by atoms with Crippen LogP contribution < -0.4 is 5.73 Å². The molecule has 0 amide bonds. The van der Waals surface area contributed by atoms with E-state index in [-0.39, 0.29) is 5.41 Å². The van der Waals surface area contributed by atoms with E-state index >= 15 is 0 Å². The summed E-state index contributed by atoms with van der Waals surface area (Å²) in [5.74, 6) is 1.46. The van der Waals surface area contributed by atoms with Crippen LogP contribution in [0.4, 0.5) is 5.69 Å². The summed E-state index contributed by atoms with van der Waals surface area (Å²) in [5, 5.41) is 17.1. The predicted octanol–water partition coefficient (Wildman–Crippen LogP) is 2.20. The molecule has 0 aliphatic heterocycles. The second-order valence-corrected chi connectivity index (χ2v) is 6.08. The number of nitriles is 1. The Morgan fingerprint density at radius 1 is 1.48 bits per heavy atom. The van der Waals surface area contributed by atoms with E-state index in [2.05, 4.69) is 28.4 Å². The fourth-order valence-electron chi connectivity index (χ4n) is 3.44. The number of benzene rings is 1. The molecular formula is C16H19N5. The lowest BCUT2D eigenvalue weighted by Crippen LogP contribution is -2.43. The molecule has 108 valence electrons. The summed E-state index contributed by atoms with van der Waals surface area (Å²) in [4.78, 5) is 0. The standard InChI is InChI=1S/C16H19N5/c1-21-11-19-20-15(21)10-16(8-12(9-16)5-6-17)13-3-2-4-14(18)7-13/h2-4,7,11-12H,5,8-10,18H2,1H3. The Bertz CT molecular complexity index is 676. The maximum absolute atomic E-state index is 8.89. The van der Waals surface area contributed by atoms with Crippen LogP contribution in [-0.4, -0.2) is 14.8 Å². The molecule has 1 heterocycles. The molecule has 1 aromatic heterocycles. The molecule has 0 atom stereocenters. The molecule has 5 heteroatoms. The van der Waals surface area contributed by atoms with Gasteiger partial charge in [0, 0.05) is 31.0 Å². The first kappa shape index (κ1) is 13.6. The quantitative estimate of drug-likeness (QED) is 0.871. The fraction of sp³-hybridized carbons (Fsp3) is 0.438. The molecule has 5 nitrogen and oxygen atoms in total. The van der Waals surface area contributed by atoms with E-state index in [9.17, 15) is 0 Å². The molecule has 1 saturated carbocycles. The minimum absolute atomic E-state index is 0.0394. The normalized spacial score (nSPS) is 24.3. The summed E-state index contributed by atoms with van der Waals surface area (Å²) in [6.07, 6.45) is 5.22. The fourth-order valence-corrected chi connectivity index (χ4v) is 3.44. The maximum atomic E-state index is 8.89. The van der Waals surface area contributed by atoms with Crippen LogP contribution in [0.15, 0.2) is 30.6 Å². The van der Waals surface area contributed by atoms with Crippen LogP contribution in [0, 0.1) is 17.2 Å². The van der Waals surface area contributed by atoms with Crippen molar-refractivity contribution in [3.05, 3.63) is 42.0 Å². The Labute approximate surface area is 124 Å². The summed E-state index contributed by atoms with van der Waals surface area (Å²) < 4.78 is 1.96. The third-order valence-corrected chi connectivity index (χ3v) is 4.54. The molecule has 1 aliphatic carbocycles. The lowest BCUT2D eigenvalue weighted by atomic mass is 9.56. The maximum Gasteiger partial charge on any atom is 0.133 e. The topological polar surface area (TPSA) is 80.5 Å². The molecule has 2 aromatic rings. The van der Waals surface area contributed by atoms with Crippen LogP contribution in [0.5, 0.6) is 0 Å². The Morgan fingerprint density at radius 3 is 2.90 bits per heavy atom. The number of aromatic nitrogens is 3. The highest BCUT2D eigenvalue weighted by atomic mass is 15.2. The number of nitrogen functional groups attached to an aromatic ring is 1. The van der Waals surface area contributed by atoms with E-state index < -0.39 is 0 Å². The van der Waals surface area contributed by atoms with Gasteiger partial charge < -0.3 is 10.3 Å². The highest BCUT2D eigenvalue weighted by molar-refractivity contribution is 5.45. The van der Waals surface area contributed by atoms with Crippen molar-refractivity contribution in [3.8, 4) is 6.07 Å². The second kappa shape index (κ2) is 5.21. The van der Waals surface area contributed by atoms with Crippen molar-refractivity contribution in [1.29, 1.82) is 5.26 Å². The van der Waals surface area contributed by atoms with Crippen LogP contribution >= 0.6 is 0 Å². The lowest BCUT2D eigenvalue weighted by molar-refractivity contribution is 0.140. The van der Waals surface area contributed by atoms with Gasteiger partial charge in [-0.2, -0.15) is 5.26 Å². The smallest absolute Gasteiger partial charge is 0.133 e. The van der Waals surface area contributed by atoms with Crippen molar-refractivity contribution < 1.29 is 0 Å². The van der Waals surface area contributed by atoms with E-state index in [0.717, 1.165) is 30.8 Å². The number of hydrogen-bond acceptors (Lipinski definition) is 4. The van der Waals surface area contributed by atoms with Crippen molar-refractivity contribution in [2.45, 2.75) is 31.1 Å². The Balaban J connectivity index is 1.90. The number of rotatable bonds is 4. The van der Waals surface area contributed by atoms with Gasteiger partial charge in [-0.3, -0.25) is 0 Å². The summed E-state index contributed by atoms with van der Waals surface area (Å²) >= 11 is 0. The molecule has 21 heavy (non-hydrogen) atoms. The third kappa shape index (κ3) is 2.49. The molecule has 1 aliphatic rings. The second-order valence-electron chi connectivity index (χ2n) is 6.08. The van der Waals surface area contributed by atoms with Crippen molar-refractivity contribution in [2.75, 3.05) is 5.73 Å². The number of nitrogens with two attached hydrogens (primary N) is 1. The van der Waals surface area contributed by atoms with Crippen LogP contribution in [0.25, 0.3) is 0 Å². The molecule has 0 unspecified atom stereocenters. The van der Waals surface area contributed by atoms with Gasteiger partial charge in [0.1, 0.15) is 12.2 Å². The van der Waals surface area contributed by atoms with Crippen LogP contribution in [0.3, 0.4) is 0 Å². The van der Waals surface area contributed by atoms with E-state index in [1.807, 2.05) is 23.7 Å². The van der Waals surface area contributed by atoms with Gasteiger partial charge in [0.2, 0.25) is 0 Å². The predicted molar refractivity (Wildman–Crippen MR) is 80.2 cm³/mol. The minimum Gasteiger partial charge on any atom is -0.399 e. The first-order valence-electron chi connectivity index (χ1n) is 7.19. The number of anilines is 1. The molecule has 1 fully saturated rings. The summed E-state index contributed by atoms with van der Waals surface area (Å²) in [5.41, 5.74) is 8.02. The van der Waals surface area contributed by atoms with Gasteiger partial charge in [0.25, 0.3) is 0 Å². The first-order valence-corrected chi connectivity index (χ1v) is 7.19. The van der Waals surface area contributed by atoms with E-state index in [1.165, 1.54) is 5.56 Å². The summed E-state index contributed by atoms with van der Waals surface area (Å²) in [6, 6.07) is 10.4. The molecule has 1 aromatic carbocycles. The van der Waals surface area contributed by atoms with Crippen LogP contribution in [0.1, 0.15) is 30.7 Å². The minimum atomic E-state index is 0.0394. The molecule has 2 N–H and O–H groups in total. The van der Waals surface area contributed by atoms with E-state index in [4.69, 9.17) is 11.0 Å². The number of aryl methyl sites for hydroxylation is 1. The molecule has 0 spiro atoms. The van der Waals surface area contributed by atoms with Crippen molar-refractivity contribution in [3.63, 3.8) is 0 Å². The van der Waals surface area contributed by atoms with Gasteiger partial charge >= 0.3 is 0 Å². The number of hydrogen-bond donors (Lipinski definition) is 1. The molecule has 0 saturated heterocycles. The van der Waals surface area contributed by atoms with Gasteiger partial charge in [-0.15, -0.1) is 10.2 Å². The zero-order valence-electron chi connectivity index (χ0n) is 12.2. The van der Waals surface area contributed by atoms with Crippen molar-refractivity contribution in [2.24, 2.45) is 13.0 Å². The SMILES string of the molecule is Cn1cnnc1CC1(c2cccc(N)c2)CC(CC#N)C1. The van der Waals surface area contributed by atoms with Gasteiger partial charge in [0.05, 0.1) is 6.07 Å². The van der Waals surface area contributed by atoms with Gasteiger partial charge in [-0.1, -0.05) is 12.1 Å². The number of nitrogens with zero attached hydrogens (tertiary/aromatic N) is 4. The Kier molecular flexibility index (Phi) is 3.38. The monoisotopic (exact) mass is 281 g/mol. The summed E-state index contributed by atoms with van der Waals surface area (Å²) in [6.45, 7) is 0. The van der Waals surface area contributed by atoms with E-state index in [1.54, 1.807) is 6.33 Å². The van der Waals surface area contributed by atoms with Gasteiger partial charge in [-0.05, 0) is 36.5 Å². The molecule has 3 rings (SSSR count). The molecular weight excluding hydrogens is 262 g/mol. The zero-order chi connectivity index (χ0) is 14.9. The van der Waals surface area contributed by atoms with Crippen molar-refractivity contribution >= 4 is 5.69 Å². The average Bonchev–Trinajstić information content (AvgIpc) is 2.81. The van der Waals surface area contributed by atoms with E-state index in [0.29, 0.717) is 12.3 Å². The molecule has 0 bridgehead atoms. The highest BCUT2D eigenvalue weighted by Crippen LogP contribution is 2.51. The lowest BCUT2D eigenvalue weighted by Gasteiger charge is -2.47. The Hall–Kier alpha value is -2.35. The van der Waals surface area contributed by atoms with Crippen LogP contribution in [-0.2, 0) is 18.9 Å². The van der Waals surface area contributed by atoms with Gasteiger partial charge in [-0.25, -0.2) is 0 Å². The molecule has 0 radical (unpaired) electrons. The Morgan fingerprint density at radius 2 is 2.29 bits per heavy atom. The summed E-state index contributed by atoms with van der Waals surface area (Å²) in [7, 11) is 1.97. The third-order valence-electron chi connectivity index (χ3n) is 4.54. The first-order chi connectivity index (χ1) is 10.1.